The van der Waals surface area contributed by atoms with Crippen LogP contribution in [0.4, 0.5) is 11.6 Å². The van der Waals surface area contributed by atoms with Gasteiger partial charge in [-0.15, -0.1) is 0 Å². The van der Waals surface area contributed by atoms with Crippen molar-refractivity contribution in [3.8, 4) is 0 Å². The normalized spacial score (nSPS) is 19.3. The second-order valence-electron chi connectivity index (χ2n) is 3.72. The molecule has 0 aromatic carbocycles. The summed E-state index contributed by atoms with van der Waals surface area (Å²) in [5.41, 5.74) is 0. The van der Waals surface area contributed by atoms with Gasteiger partial charge in [0, 0.05) is 26.1 Å². The molecule has 1 aromatic rings. The van der Waals surface area contributed by atoms with Gasteiger partial charge in [0.2, 0.25) is 5.91 Å². The smallest absolute Gasteiger partial charge is 0.220 e. The highest BCUT2D eigenvalue weighted by Gasteiger charge is 2.20. The second kappa shape index (κ2) is 4.78. The Kier molecular flexibility index (Phi) is 3.19. The summed E-state index contributed by atoms with van der Waals surface area (Å²) in [6, 6.07) is 0.201. The van der Waals surface area contributed by atoms with Gasteiger partial charge in [-0.1, -0.05) is 0 Å². The number of nitrogens with one attached hydrogen (secondary N) is 3. The first-order valence-electron chi connectivity index (χ1n) is 5.31. The number of amides is 1. The van der Waals surface area contributed by atoms with E-state index in [1.54, 1.807) is 19.4 Å². The molecule has 3 N–H and O–H groups in total. The summed E-state index contributed by atoms with van der Waals surface area (Å²) in [6.07, 6.45) is 4.82. The Morgan fingerprint density at radius 1 is 1.50 bits per heavy atom. The average molecular weight is 221 g/mol. The topological polar surface area (TPSA) is 78.9 Å². The monoisotopic (exact) mass is 221 g/mol. The highest BCUT2D eigenvalue weighted by Crippen LogP contribution is 2.09. The van der Waals surface area contributed by atoms with Gasteiger partial charge in [0.05, 0.1) is 12.4 Å². The van der Waals surface area contributed by atoms with E-state index in [9.17, 15) is 4.79 Å². The van der Waals surface area contributed by atoms with Gasteiger partial charge < -0.3 is 16.0 Å². The van der Waals surface area contributed by atoms with Crippen molar-refractivity contribution in [3.05, 3.63) is 12.4 Å². The minimum absolute atomic E-state index is 0.127. The van der Waals surface area contributed by atoms with Crippen LogP contribution in [0, 0.1) is 0 Å². The van der Waals surface area contributed by atoms with Gasteiger partial charge in [-0.05, 0) is 6.42 Å². The van der Waals surface area contributed by atoms with E-state index in [0.717, 1.165) is 12.2 Å². The number of hydrogen-bond donors (Lipinski definition) is 3. The van der Waals surface area contributed by atoms with E-state index in [1.807, 2.05) is 0 Å². The lowest BCUT2D eigenvalue weighted by Gasteiger charge is -2.11. The maximum atomic E-state index is 11.0. The van der Waals surface area contributed by atoms with Gasteiger partial charge in [-0.3, -0.25) is 9.78 Å². The molecule has 86 valence electrons. The molecule has 1 aliphatic rings. The number of carbonyl (C=O) groups excluding carboxylic acids is 1. The Labute approximate surface area is 93.9 Å². The van der Waals surface area contributed by atoms with Gasteiger partial charge in [-0.25, -0.2) is 4.98 Å². The number of rotatable bonds is 4. The Bertz CT molecular complexity index is 381. The van der Waals surface area contributed by atoms with E-state index in [1.165, 1.54) is 0 Å². The fourth-order valence-electron chi connectivity index (χ4n) is 1.63. The fraction of sp³-hybridized carbons (Fsp3) is 0.500. The SMILES string of the molecule is CNc1cncc(NCC2CCC(=O)N2)n1. The van der Waals surface area contributed by atoms with E-state index in [2.05, 4.69) is 25.9 Å². The van der Waals surface area contributed by atoms with Crippen molar-refractivity contribution in [2.75, 3.05) is 24.2 Å². The van der Waals surface area contributed by atoms with Gasteiger partial charge >= 0.3 is 0 Å². The maximum absolute atomic E-state index is 11.0. The van der Waals surface area contributed by atoms with Crippen molar-refractivity contribution in [2.24, 2.45) is 0 Å². The third-order valence-corrected chi connectivity index (χ3v) is 2.51. The molecule has 1 aliphatic heterocycles. The zero-order chi connectivity index (χ0) is 11.4. The first kappa shape index (κ1) is 10.7. The highest BCUT2D eigenvalue weighted by atomic mass is 16.1. The molecule has 1 amide bonds. The van der Waals surface area contributed by atoms with Crippen LogP contribution in [0.3, 0.4) is 0 Å². The van der Waals surface area contributed by atoms with Crippen molar-refractivity contribution in [1.82, 2.24) is 15.3 Å². The van der Waals surface area contributed by atoms with Gasteiger partial charge in [0.25, 0.3) is 0 Å². The van der Waals surface area contributed by atoms with Crippen molar-refractivity contribution < 1.29 is 4.79 Å². The number of anilines is 2. The first-order chi connectivity index (χ1) is 7.78. The average Bonchev–Trinajstić information content (AvgIpc) is 2.73. The molecule has 0 aliphatic carbocycles. The molecule has 2 rings (SSSR count). The van der Waals surface area contributed by atoms with Crippen molar-refractivity contribution in [1.29, 1.82) is 0 Å². The van der Waals surface area contributed by atoms with Crippen LogP contribution < -0.4 is 16.0 Å². The summed E-state index contributed by atoms with van der Waals surface area (Å²) >= 11 is 0. The van der Waals surface area contributed by atoms with Gasteiger partial charge in [0.1, 0.15) is 11.6 Å². The molecule has 1 atom stereocenters. The molecule has 16 heavy (non-hydrogen) atoms. The summed E-state index contributed by atoms with van der Waals surface area (Å²) in [4.78, 5) is 19.3. The number of hydrogen-bond acceptors (Lipinski definition) is 5. The molecule has 1 fully saturated rings. The fourth-order valence-corrected chi connectivity index (χ4v) is 1.63. The third kappa shape index (κ3) is 2.59. The molecule has 6 heteroatoms. The predicted octanol–water partition coefficient (Wildman–Crippen LogP) is 0.209. The number of carbonyl (C=O) groups is 1. The summed E-state index contributed by atoms with van der Waals surface area (Å²) in [7, 11) is 1.80. The largest absolute Gasteiger partial charge is 0.372 e. The van der Waals surface area contributed by atoms with Crippen molar-refractivity contribution in [3.63, 3.8) is 0 Å². The zero-order valence-corrected chi connectivity index (χ0v) is 9.16. The summed E-state index contributed by atoms with van der Waals surface area (Å²) in [5.74, 6) is 1.57. The van der Waals surface area contributed by atoms with E-state index >= 15 is 0 Å². The van der Waals surface area contributed by atoms with E-state index in [0.29, 0.717) is 18.8 Å². The Morgan fingerprint density at radius 3 is 3.00 bits per heavy atom. The number of aromatic nitrogens is 2. The van der Waals surface area contributed by atoms with Gasteiger partial charge in [-0.2, -0.15) is 0 Å². The lowest BCUT2D eigenvalue weighted by molar-refractivity contribution is -0.119. The molecular formula is C10H15N5O. The lowest BCUT2D eigenvalue weighted by atomic mass is 10.2. The molecule has 1 saturated heterocycles. The Morgan fingerprint density at radius 2 is 2.31 bits per heavy atom. The first-order valence-corrected chi connectivity index (χ1v) is 5.31. The molecule has 1 aromatic heterocycles. The molecule has 0 radical (unpaired) electrons. The number of nitrogens with zero attached hydrogens (tertiary/aromatic N) is 2. The third-order valence-electron chi connectivity index (χ3n) is 2.51. The van der Waals surface area contributed by atoms with Crippen LogP contribution in [0.5, 0.6) is 0 Å². The minimum atomic E-state index is 0.127. The molecule has 0 spiro atoms. The van der Waals surface area contributed by atoms with Crippen LogP contribution in [0.2, 0.25) is 0 Å². The van der Waals surface area contributed by atoms with Crippen LogP contribution in [-0.2, 0) is 4.79 Å². The Hall–Kier alpha value is -1.85. The van der Waals surface area contributed by atoms with Crippen LogP contribution in [0.15, 0.2) is 12.4 Å². The molecule has 1 unspecified atom stereocenters. The van der Waals surface area contributed by atoms with Crippen molar-refractivity contribution >= 4 is 17.5 Å². The van der Waals surface area contributed by atoms with Gasteiger partial charge in [0.15, 0.2) is 0 Å². The zero-order valence-electron chi connectivity index (χ0n) is 9.16. The maximum Gasteiger partial charge on any atom is 0.220 e. The molecular weight excluding hydrogens is 206 g/mol. The van der Waals surface area contributed by atoms with Crippen molar-refractivity contribution in [2.45, 2.75) is 18.9 Å². The molecule has 0 bridgehead atoms. The Balaban J connectivity index is 1.87. The predicted molar refractivity (Wildman–Crippen MR) is 61.2 cm³/mol. The van der Waals surface area contributed by atoms with Crippen LogP contribution in [-0.4, -0.2) is 35.5 Å². The summed E-state index contributed by atoms with van der Waals surface area (Å²) in [5, 5.41) is 8.96. The van der Waals surface area contributed by atoms with Crippen LogP contribution in [0.25, 0.3) is 0 Å². The van der Waals surface area contributed by atoms with E-state index < -0.39 is 0 Å². The quantitative estimate of drug-likeness (QED) is 0.677. The summed E-state index contributed by atoms with van der Waals surface area (Å²) < 4.78 is 0. The highest BCUT2D eigenvalue weighted by molar-refractivity contribution is 5.78. The van der Waals surface area contributed by atoms with E-state index in [-0.39, 0.29) is 11.9 Å². The molecule has 0 saturated carbocycles. The second-order valence-corrected chi connectivity index (χ2v) is 3.72. The van der Waals surface area contributed by atoms with Crippen LogP contribution >= 0.6 is 0 Å². The lowest BCUT2D eigenvalue weighted by Crippen LogP contribution is -2.32. The standard InChI is InChI=1S/C10H15N5O/c1-11-8-5-12-6-9(15-8)13-4-7-2-3-10(16)14-7/h5-7H,2-4H2,1H3,(H,14,16)(H2,11,13,15). The minimum Gasteiger partial charge on any atom is -0.372 e. The van der Waals surface area contributed by atoms with E-state index in [4.69, 9.17) is 0 Å². The molecule has 6 nitrogen and oxygen atoms in total. The summed E-state index contributed by atoms with van der Waals surface area (Å²) in [6.45, 7) is 0.688. The van der Waals surface area contributed by atoms with Crippen LogP contribution in [0.1, 0.15) is 12.8 Å². The molecule has 2 heterocycles.